The van der Waals surface area contributed by atoms with Gasteiger partial charge in [-0.3, -0.25) is 4.98 Å². The van der Waals surface area contributed by atoms with Gasteiger partial charge in [0.1, 0.15) is 0 Å². The number of benzene rings is 1. The first-order chi connectivity index (χ1) is 10.5. The van der Waals surface area contributed by atoms with E-state index in [9.17, 15) is 8.42 Å². The van der Waals surface area contributed by atoms with Crippen LogP contribution >= 0.6 is 0 Å². The number of hydrogen-bond acceptors (Lipinski definition) is 3. The fourth-order valence-corrected chi connectivity index (χ4v) is 4.65. The molecule has 0 spiro atoms. The first kappa shape index (κ1) is 15.2. The van der Waals surface area contributed by atoms with Gasteiger partial charge in [0.25, 0.3) is 0 Å². The van der Waals surface area contributed by atoms with Gasteiger partial charge in [-0.2, -0.15) is 4.31 Å². The maximum Gasteiger partial charge on any atom is 0.243 e. The lowest BCUT2D eigenvalue weighted by Gasteiger charge is -2.24. The van der Waals surface area contributed by atoms with Gasteiger partial charge in [0, 0.05) is 18.9 Å². The highest BCUT2D eigenvalue weighted by molar-refractivity contribution is 7.89. The van der Waals surface area contributed by atoms with Crippen LogP contribution in [0.3, 0.4) is 0 Å². The molecular formula is C17H20N2O2S. The number of nitrogens with zero attached hydrogens (tertiary/aromatic N) is 2. The van der Waals surface area contributed by atoms with E-state index >= 15 is 0 Å². The molecule has 0 bridgehead atoms. The van der Waals surface area contributed by atoms with Crippen LogP contribution in [-0.4, -0.2) is 24.3 Å². The van der Waals surface area contributed by atoms with Gasteiger partial charge in [0.15, 0.2) is 0 Å². The molecule has 116 valence electrons. The highest BCUT2D eigenvalue weighted by atomic mass is 32.2. The molecule has 0 saturated carbocycles. The third kappa shape index (κ3) is 2.78. The first-order valence-corrected chi connectivity index (χ1v) is 8.92. The van der Waals surface area contributed by atoms with Crippen molar-refractivity contribution < 1.29 is 8.42 Å². The van der Waals surface area contributed by atoms with Crippen molar-refractivity contribution in [1.82, 2.24) is 9.29 Å². The SMILES string of the molecule is Cc1ccc(S(=O)(=O)N2CCC[C@@H]2c2cncc(C)c2)cc1. The molecule has 0 N–H and O–H groups in total. The Kier molecular flexibility index (Phi) is 4.02. The van der Waals surface area contributed by atoms with Gasteiger partial charge in [-0.25, -0.2) is 8.42 Å². The van der Waals surface area contributed by atoms with Crippen LogP contribution in [0.4, 0.5) is 0 Å². The van der Waals surface area contributed by atoms with E-state index in [2.05, 4.69) is 4.98 Å². The summed E-state index contributed by atoms with van der Waals surface area (Å²) in [5, 5.41) is 0. The van der Waals surface area contributed by atoms with E-state index in [-0.39, 0.29) is 6.04 Å². The smallest absolute Gasteiger partial charge is 0.243 e. The molecule has 4 nitrogen and oxygen atoms in total. The van der Waals surface area contributed by atoms with Crippen LogP contribution in [0.5, 0.6) is 0 Å². The van der Waals surface area contributed by atoms with Crippen LogP contribution in [-0.2, 0) is 10.0 Å². The summed E-state index contributed by atoms with van der Waals surface area (Å²) in [5.41, 5.74) is 3.09. The Labute approximate surface area is 131 Å². The van der Waals surface area contributed by atoms with Crippen molar-refractivity contribution in [2.75, 3.05) is 6.54 Å². The Balaban J connectivity index is 1.97. The molecule has 0 radical (unpaired) electrons. The second-order valence-corrected chi connectivity index (χ2v) is 7.77. The minimum Gasteiger partial charge on any atom is -0.264 e. The third-order valence-corrected chi connectivity index (χ3v) is 6.03. The molecule has 1 atom stereocenters. The highest BCUT2D eigenvalue weighted by Gasteiger charge is 2.36. The van der Waals surface area contributed by atoms with Crippen LogP contribution in [0.15, 0.2) is 47.6 Å². The Hall–Kier alpha value is -1.72. The second-order valence-electron chi connectivity index (χ2n) is 5.88. The van der Waals surface area contributed by atoms with Crippen molar-refractivity contribution in [1.29, 1.82) is 0 Å². The Bertz CT molecular complexity index is 770. The number of rotatable bonds is 3. The summed E-state index contributed by atoms with van der Waals surface area (Å²) in [6, 6.07) is 8.97. The predicted octanol–water partition coefficient (Wildman–Crippen LogP) is 3.22. The molecule has 1 aromatic carbocycles. The summed E-state index contributed by atoms with van der Waals surface area (Å²) < 4.78 is 27.5. The standard InChI is InChI=1S/C17H20N2O2S/c1-13-5-7-16(8-6-13)22(20,21)19-9-3-4-17(19)15-10-14(2)11-18-12-15/h5-8,10-12,17H,3-4,9H2,1-2H3/t17-/m1/s1. The molecule has 3 rings (SSSR count). The summed E-state index contributed by atoms with van der Waals surface area (Å²) in [4.78, 5) is 4.57. The number of hydrogen-bond donors (Lipinski definition) is 0. The Morgan fingerprint density at radius 2 is 1.82 bits per heavy atom. The molecule has 0 aliphatic carbocycles. The van der Waals surface area contributed by atoms with Crippen LogP contribution in [0.2, 0.25) is 0 Å². The van der Waals surface area contributed by atoms with E-state index in [0.29, 0.717) is 11.4 Å². The fourth-order valence-electron chi connectivity index (χ4n) is 2.97. The summed E-state index contributed by atoms with van der Waals surface area (Å²) >= 11 is 0. The van der Waals surface area contributed by atoms with E-state index in [0.717, 1.165) is 29.5 Å². The van der Waals surface area contributed by atoms with Crippen LogP contribution < -0.4 is 0 Å². The molecule has 2 heterocycles. The quantitative estimate of drug-likeness (QED) is 0.873. The lowest BCUT2D eigenvalue weighted by Crippen LogP contribution is -2.30. The molecule has 2 aromatic rings. The molecule has 22 heavy (non-hydrogen) atoms. The normalized spacial score (nSPS) is 19.5. The zero-order chi connectivity index (χ0) is 15.7. The molecular weight excluding hydrogens is 296 g/mol. The molecule has 1 aliphatic rings. The Morgan fingerprint density at radius 3 is 2.50 bits per heavy atom. The van der Waals surface area contributed by atoms with Crippen molar-refractivity contribution >= 4 is 10.0 Å². The monoisotopic (exact) mass is 316 g/mol. The summed E-state index contributed by atoms with van der Waals surface area (Å²) in [6.07, 6.45) is 5.29. The largest absolute Gasteiger partial charge is 0.264 e. The molecule has 1 aliphatic heterocycles. The first-order valence-electron chi connectivity index (χ1n) is 7.48. The van der Waals surface area contributed by atoms with Gasteiger partial charge in [-0.05, 0) is 49.9 Å². The molecule has 5 heteroatoms. The van der Waals surface area contributed by atoms with Crippen LogP contribution in [0, 0.1) is 13.8 Å². The Morgan fingerprint density at radius 1 is 1.09 bits per heavy atom. The molecule has 1 aromatic heterocycles. The second kappa shape index (κ2) is 5.82. The van der Waals surface area contributed by atoms with Crippen LogP contribution in [0.1, 0.15) is 35.6 Å². The van der Waals surface area contributed by atoms with Gasteiger partial charge >= 0.3 is 0 Å². The third-order valence-electron chi connectivity index (χ3n) is 4.11. The molecule has 0 unspecified atom stereocenters. The zero-order valence-corrected chi connectivity index (χ0v) is 13.7. The average Bonchev–Trinajstić information content (AvgIpc) is 2.98. The summed E-state index contributed by atoms with van der Waals surface area (Å²) in [7, 11) is -3.46. The van der Waals surface area contributed by atoms with E-state index in [1.807, 2.05) is 32.0 Å². The summed E-state index contributed by atoms with van der Waals surface area (Å²) in [6.45, 7) is 4.49. The lowest BCUT2D eigenvalue weighted by molar-refractivity contribution is 0.396. The van der Waals surface area contributed by atoms with Crippen molar-refractivity contribution in [2.45, 2.75) is 37.6 Å². The van der Waals surface area contributed by atoms with Crippen molar-refractivity contribution in [2.24, 2.45) is 0 Å². The number of aryl methyl sites for hydroxylation is 2. The average molecular weight is 316 g/mol. The number of pyridine rings is 1. The van der Waals surface area contributed by atoms with E-state index in [4.69, 9.17) is 0 Å². The van der Waals surface area contributed by atoms with E-state index in [1.165, 1.54) is 0 Å². The maximum absolute atomic E-state index is 12.9. The number of sulfonamides is 1. The fraction of sp³-hybridized carbons (Fsp3) is 0.353. The topological polar surface area (TPSA) is 50.3 Å². The van der Waals surface area contributed by atoms with Gasteiger partial charge in [0.05, 0.1) is 10.9 Å². The number of aromatic nitrogens is 1. The van der Waals surface area contributed by atoms with Crippen molar-refractivity contribution in [3.8, 4) is 0 Å². The van der Waals surface area contributed by atoms with E-state index in [1.54, 1.807) is 28.8 Å². The van der Waals surface area contributed by atoms with Crippen molar-refractivity contribution in [3.05, 3.63) is 59.4 Å². The predicted molar refractivity (Wildman–Crippen MR) is 86.0 cm³/mol. The molecule has 1 saturated heterocycles. The van der Waals surface area contributed by atoms with Gasteiger partial charge < -0.3 is 0 Å². The molecule has 0 amide bonds. The van der Waals surface area contributed by atoms with Gasteiger partial charge in [0.2, 0.25) is 10.0 Å². The van der Waals surface area contributed by atoms with Crippen LogP contribution in [0.25, 0.3) is 0 Å². The van der Waals surface area contributed by atoms with Gasteiger partial charge in [-0.15, -0.1) is 0 Å². The molecule has 1 fully saturated rings. The minimum atomic E-state index is -3.46. The maximum atomic E-state index is 12.9. The minimum absolute atomic E-state index is 0.112. The lowest BCUT2D eigenvalue weighted by atomic mass is 10.1. The van der Waals surface area contributed by atoms with E-state index < -0.39 is 10.0 Å². The zero-order valence-electron chi connectivity index (χ0n) is 12.9. The summed E-state index contributed by atoms with van der Waals surface area (Å²) in [5.74, 6) is 0. The van der Waals surface area contributed by atoms with Crippen molar-refractivity contribution in [3.63, 3.8) is 0 Å². The highest BCUT2D eigenvalue weighted by Crippen LogP contribution is 2.36. The van der Waals surface area contributed by atoms with Gasteiger partial charge in [-0.1, -0.05) is 23.8 Å².